The van der Waals surface area contributed by atoms with Gasteiger partial charge in [-0.3, -0.25) is 4.90 Å². The topological polar surface area (TPSA) is 29.3 Å². The van der Waals surface area contributed by atoms with Crippen LogP contribution in [-0.4, -0.2) is 23.5 Å². The van der Waals surface area contributed by atoms with Crippen molar-refractivity contribution in [3.8, 4) is 0 Å². The van der Waals surface area contributed by atoms with Crippen molar-refractivity contribution in [3.05, 3.63) is 34.3 Å². The standard InChI is InChI=1S/C15H23BrN2/c1-11(17)15-5-3-4-10-18(15)12(2)13-6-8-14(16)9-7-13/h6-9,11-12,15H,3-5,10,17H2,1-2H3. The Labute approximate surface area is 119 Å². The quantitative estimate of drug-likeness (QED) is 0.922. The summed E-state index contributed by atoms with van der Waals surface area (Å²) >= 11 is 3.49. The maximum atomic E-state index is 6.15. The van der Waals surface area contributed by atoms with Crippen molar-refractivity contribution in [2.24, 2.45) is 5.73 Å². The van der Waals surface area contributed by atoms with Crippen molar-refractivity contribution in [1.82, 2.24) is 4.90 Å². The minimum Gasteiger partial charge on any atom is -0.327 e. The zero-order valence-electron chi connectivity index (χ0n) is 11.3. The summed E-state index contributed by atoms with van der Waals surface area (Å²) in [5.74, 6) is 0. The van der Waals surface area contributed by atoms with E-state index in [0.717, 1.165) is 4.47 Å². The monoisotopic (exact) mass is 310 g/mol. The molecule has 0 radical (unpaired) electrons. The Morgan fingerprint density at radius 1 is 1.22 bits per heavy atom. The summed E-state index contributed by atoms with van der Waals surface area (Å²) in [4.78, 5) is 2.58. The van der Waals surface area contributed by atoms with Crippen LogP contribution in [0.15, 0.2) is 28.7 Å². The number of hydrogen-bond donors (Lipinski definition) is 1. The number of hydrogen-bond acceptors (Lipinski definition) is 2. The van der Waals surface area contributed by atoms with Crippen molar-refractivity contribution in [2.75, 3.05) is 6.54 Å². The van der Waals surface area contributed by atoms with E-state index >= 15 is 0 Å². The molecule has 0 bridgehead atoms. The van der Waals surface area contributed by atoms with Gasteiger partial charge in [-0.25, -0.2) is 0 Å². The molecule has 100 valence electrons. The average Bonchev–Trinajstić information content (AvgIpc) is 2.39. The van der Waals surface area contributed by atoms with Gasteiger partial charge in [0.2, 0.25) is 0 Å². The second-order valence-corrected chi connectivity index (χ2v) is 6.30. The second kappa shape index (κ2) is 6.18. The molecule has 2 nitrogen and oxygen atoms in total. The normalized spacial score (nSPS) is 24.8. The largest absolute Gasteiger partial charge is 0.327 e. The molecule has 3 unspecified atom stereocenters. The maximum absolute atomic E-state index is 6.15. The van der Waals surface area contributed by atoms with Gasteiger partial charge in [0.05, 0.1) is 0 Å². The third-order valence-electron chi connectivity index (χ3n) is 4.05. The SMILES string of the molecule is CC(N)C1CCCCN1C(C)c1ccc(Br)cc1. The molecule has 3 heteroatoms. The average molecular weight is 311 g/mol. The van der Waals surface area contributed by atoms with Gasteiger partial charge in [-0.2, -0.15) is 0 Å². The van der Waals surface area contributed by atoms with Crippen molar-refractivity contribution in [2.45, 2.75) is 51.2 Å². The minimum atomic E-state index is 0.253. The van der Waals surface area contributed by atoms with E-state index < -0.39 is 0 Å². The molecule has 1 aliphatic rings. The van der Waals surface area contributed by atoms with Gasteiger partial charge in [-0.05, 0) is 50.9 Å². The highest BCUT2D eigenvalue weighted by atomic mass is 79.9. The lowest BCUT2D eigenvalue weighted by Crippen LogP contribution is -2.49. The number of likely N-dealkylation sites (tertiary alicyclic amines) is 1. The number of nitrogens with zero attached hydrogens (tertiary/aromatic N) is 1. The summed E-state index contributed by atoms with van der Waals surface area (Å²) < 4.78 is 1.14. The number of halogens is 1. The Hall–Kier alpha value is -0.380. The molecule has 1 aliphatic heterocycles. The van der Waals surface area contributed by atoms with Crippen LogP contribution in [0.25, 0.3) is 0 Å². The second-order valence-electron chi connectivity index (χ2n) is 5.39. The summed E-state index contributed by atoms with van der Waals surface area (Å²) in [5.41, 5.74) is 7.53. The fourth-order valence-corrected chi connectivity index (χ4v) is 3.22. The third kappa shape index (κ3) is 3.14. The highest BCUT2D eigenvalue weighted by Gasteiger charge is 2.29. The lowest BCUT2D eigenvalue weighted by atomic mass is 9.93. The first-order chi connectivity index (χ1) is 8.59. The summed E-state index contributed by atoms with van der Waals surface area (Å²) in [6, 6.07) is 9.89. The van der Waals surface area contributed by atoms with E-state index in [1.165, 1.54) is 31.4 Å². The van der Waals surface area contributed by atoms with Crippen LogP contribution in [0, 0.1) is 0 Å². The van der Waals surface area contributed by atoms with Crippen LogP contribution in [0.2, 0.25) is 0 Å². The van der Waals surface area contributed by atoms with Crippen molar-refractivity contribution < 1.29 is 0 Å². The van der Waals surface area contributed by atoms with Crippen LogP contribution in [0.4, 0.5) is 0 Å². The van der Waals surface area contributed by atoms with Gasteiger partial charge in [-0.1, -0.05) is 34.5 Å². The maximum Gasteiger partial charge on any atom is 0.0323 e. The van der Waals surface area contributed by atoms with Crippen LogP contribution in [0.3, 0.4) is 0 Å². The lowest BCUT2D eigenvalue weighted by Gasteiger charge is -2.42. The van der Waals surface area contributed by atoms with Crippen LogP contribution in [-0.2, 0) is 0 Å². The van der Waals surface area contributed by atoms with E-state index in [9.17, 15) is 0 Å². The first-order valence-corrected chi connectivity index (χ1v) is 7.65. The van der Waals surface area contributed by atoms with Crippen molar-refractivity contribution >= 4 is 15.9 Å². The zero-order valence-corrected chi connectivity index (χ0v) is 12.9. The Bertz CT molecular complexity index is 375. The summed E-state index contributed by atoms with van der Waals surface area (Å²) in [7, 11) is 0. The molecule has 2 rings (SSSR count). The van der Waals surface area contributed by atoms with E-state index in [1.54, 1.807) is 0 Å². The number of piperidine rings is 1. The number of benzene rings is 1. The van der Waals surface area contributed by atoms with E-state index in [2.05, 4.69) is 58.9 Å². The Kier molecular flexibility index (Phi) is 4.82. The molecule has 2 N–H and O–H groups in total. The predicted molar refractivity (Wildman–Crippen MR) is 80.6 cm³/mol. The fourth-order valence-electron chi connectivity index (χ4n) is 2.96. The van der Waals surface area contributed by atoms with Gasteiger partial charge in [0.1, 0.15) is 0 Å². The van der Waals surface area contributed by atoms with Crippen molar-refractivity contribution in [1.29, 1.82) is 0 Å². The molecule has 0 aliphatic carbocycles. The third-order valence-corrected chi connectivity index (χ3v) is 4.58. The minimum absolute atomic E-state index is 0.253. The van der Waals surface area contributed by atoms with E-state index in [4.69, 9.17) is 5.73 Å². The van der Waals surface area contributed by atoms with Gasteiger partial charge in [0, 0.05) is 22.6 Å². The van der Waals surface area contributed by atoms with Crippen LogP contribution >= 0.6 is 15.9 Å². The summed E-state index contributed by atoms with van der Waals surface area (Å²) in [6.07, 6.45) is 3.85. The van der Waals surface area contributed by atoms with Gasteiger partial charge in [0.25, 0.3) is 0 Å². The molecule has 0 spiro atoms. The van der Waals surface area contributed by atoms with Gasteiger partial charge in [-0.15, -0.1) is 0 Å². The molecule has 18 heavy (non-hydrogen) atoms. The lowest BCUT2D eigenvalue weighted by molar-refractivity contribution is 0.0890. The Morgan fingerprint density at radius 2 is 1.89 bits per heavy atom. The smallest absolute Gasteiger partial charge is 0.0323 e. The van der Waals surface area contributed by atoms with E-state index in [1.807, 2.05) is 0 Å². The number of nitrogens with two attached hydrogens (primary N) is 1. The first-order valence-electron chi connectivity index (χ1n) is 6.86. The van der Waals surface area contributed by atoms with Gasteiger partial charge in [0.15, 0.2) is 0 Å². The Balaban J connectivity index is 2.15. The highest BCUT2D eigenvalue weighted by Crippen LogP contribution is 2.29. The Morgan fingerprint density at radius 3 is 2.50 bits per heavy atom. The molecule has 1 aromatic carbocycles. The molecular formula is C15H23BrN2. The highest BCUT2D eigenvalue weighted by molar-refractivity contribution is 9.10. The summed E-state index contributed by atoms with van der Waals surface area (Å²) in [5, 5.41) is 0. The molecule has 1 heterocycles. The molecular weight excluding hydrogens is 288 g/mol. The predicted octanol–water partition coefficient (Wildman–Crippen LogP) is 3.71. The molecule has 3 atom stereocenters. The fraction of sp³-hybridized carbons (Fsp3) is 0.600. The molecule has 0 aromatic heterocycles. The zero-order chi connectivity index (χ0) is 13.1. The van der Waals surface area contributed by atoms with E-state index in [0.29, 0.717) is 12.1 Å². The van der Waals surface area contributed by atoms with E-state index in [-0.39, 0.29) is 6.04 Å². The molecule has 1 fully saturated rings. The molecule has 1 saturated heterocycles. The molecule has 1 aromatic rings. The van der Waals surface area contributed by atoms with Crippen LogP contribution < -0.4 is 5.73 Å². The van der Waals surface area contributed by atoms with Crippen LogP contribution in [0.1, 0.15) is 44.7 Å². The first kappa shape index (κ1) is 14.0. The van der Waals surface area contributed by atoms with Crippen LogP contribution in [0.5, 0.6) is 0 Å². The molecule has 0 amide bonds. The summed E-state index contributed by atoms with van der Waals surface area (Å²) in [6.45, 7) is 5.60. The van der Waals surface area contributed by atoms with Crippen molar-refractivity contribution in [3.63, 3.8) is 0 Å². The molecule has 0 saturated carbocycles. The number of rotatable bonds is 3. The van der Waals surface area contributed by atoms with Gasteiger partial charge < -0.3 is 5.73 Å². The van der Waals surface area contributed by atoms with Gasteiger partial charge >= 0.3 is 0 Å².